The Balaban J connectivity index is 2.20. The highest BCUT2D eigenvalue weighted by atomic mass is 35.5. The van der Waals surface area contributed by atoms with Gasteiger partial charge in [0, 0.05) is 19.0 Å². The lowest BCUT2D eigenvalue weighted by Crippen LogP contribution is -2.36. The minimum Gasteiger partial charge on any atom is -0.300 e. The molecule has 1 heterocycles. The number of alkyl halides is 2. The molecule has 0 spiro atoms. The van der Waals surface area contributed by atoms with Gasteiger partial charge in [-0.2, -0.15) is 0 Å². The van der Waals surface area contributed by atoms with Gasteiger partial charge in [-0.3, -0.25) is 0 Å². The molecule has 0 bridgehead atoms. The molecular formula is C9H17ClFN. The van der Waals surface area contributed by atoms with E-state index >= 15 is 0 Å². The highest BCUT2D eigenvalue weighted by molar-refractivity contribution is 6.17. The average molecular weight is 194 g/mol. The van der Waals surface area contributed by atoms with Gasteiger partial charge in [0.05, 0.1) is 0 Å². The van der Waals surface area contributed by atoms with Crippen LogP contribution < -0.4 is 0 Å². The topological polar surface area (TPSA) is 3.24 Å². The summed E-state index contributed by atoms with van der Waals surface area (Å²) in [5, 5.41) is 0. The van der Waals surface area contributed by atoms with E-state index in [9.17, 15) is 4.39 Å². The van der Waals surface area contributed by atoms with Gasteiger partial charge < -0.3 is 4.90 Å². The van der Waals surface area contributed by atoms with Gasteiger partial charge in [0.2, 0.25) is 0 Å². The summed E-state index contributed by atoms with van der Waals surface area (Å²) in [6.07, 6.45) is 3.57. The van der Waals surface area contributed by atoms with E-state index < -0.39 is 0 Å². The monoisotopic (exact) mass is 193 g/mol. The molecule has 12 heavy (non-hydrogen) atoms. The van der Waals surface area contributed by atoms with Crippen molar-refractivity contribution >= 4 is 11.6 Å². The van der Waals surface area contributed by atoms with Crippen molar-refractivity contribution in [3.05, 3.63) is 0 Å². The number of piperidine rings is 1. The molecule has 0 N–H and O–H groups in total. The normalized spacial score (nSPS) is 26.0. The van der Waals surface area contributed by atoms with Crippen molar-refractivity contribution in [1.29, 1.82) is 0 Å². The van der Waals surface area contributed by atoms with E-state index in [0.717, 1.165) is 25.4 Å². The van der Waals surface area contributed by atoms with Gasteiger partial charge in [0.15, 0.2) is 0 Å². The highest BCUT2D eigenvalue weighted by Gasteiger charge is 2.18. The summed E-state index contributed by atoms with van der Waals surface area (Å²) in [5.41, 5.74) is 0. The van der Waals surface area contributed by atoms with Gasteiger partial charge in [-0.05, 0) is 31.7 Å². The number of likely N-dealkylation sites (tertiary alicyclic amines) is 1. The molecule has 1 rings (SSSR count). The van der Waals surface area contributed by atoms with E-state index in [2.05, 4.69) is 4.90 Å². The Morgan fingerprint density at radius 1 is 1.50 bits per heavy atom. The fourth-order valence-electron chi connectivity index (χ4n) is 1.86. The van der Waals surface area contributed by atoms with Gasteiger partial charge >= 0.3 is 0 Å². The number of hydrogen-bond donors (Lipinski definition) is 0. The van der Waals surface area contributed by atoms with Crippen LogP contribution in [0.1, 0.15) is 19.3 Å². The third-order valence-corrected chi connectivity index (χ3v) is 2.74. The number of nitrogens with zero attached hydrogens (tertiary/aromatic N) is 1. The third kappa shape index (κ3) is 3.28. The Kier molecular flexibility index (Phi) is 4.93. The van der Waals surface area contributed by atoms with E-state index in [1.807, 2.05) is 0 Å². The summed E-state index contributed by atoms with van der Waals surface area (Å²) in [6, 6.07) is 0. The number of rotatable bonds is 4. The lowest BCUT2D eigenvalue weighted by atomic mass is 9.96. The summed E-state index contributed by atoms with van der Waals surface area (Å²) in [6.45, 7) is 2.52. The summed E-state index contributed by atoms with van der Waals surface area (Å²) < 4.78 is 12.0. The first-order valence-corrected chi connectivity index (χ1v) is 5.24. The van der Waals surface area contributed by atoms with Crippen molar-refractivity contribution in [2.45, 2.75) is 19.3 Å². The van der Waals surface area contributed by atoms with Crippen LogP contribution in [0.25, 0.3) is 0 Å². The molecule has 0 aromatic rings. The Labute approximate surface area is 78.9 Å². The maximum Gasteiger partial charge on any atom is 0.102 e. The van der Waals surface area contributed by atoms with Crippen LogP contribution in [0.2, 0.25) is 0 Å². The van der Waals surface area contributed by atoms with Gasteiger partial charge in [0.1, 0.15) is 6.67 Å². The Bertz CT molecular complexity index is 105. The minimum atomic E-state index is -0.215. The zero-order valence-electron chi connectivity index (χ0n) is 7.44. The molecule has 0 saturated carbocycles. The molecule has 0 aromatic carbocycles. The zero-order valence-corrected chi connectivity index (χ0v) is 8.19. The van der Waals surface area contributed by atoms with Crippen LogP contribution in [0.4, 0.5) is 4.39 Å². The lowest BCUT2D eigenvalue weighted by Gasteiger charge is -2.31. The molecule has 0 aliphatic carbocycles. The molecule has 0 amide bonds. The van der Waals surface area contributed by atoms with Crippen LogP contribution in [0.15, 0.2) is 0 Å². The van der Waals surface area contributed by atoms with Crippen LogP contribution in [-0.4, -0.2) is 37.1 Å². The predicted molar refractivity (Wildman–Crippen MR) is 50.5 cm³/mol. The molecule has 0 aromatic heterocycles. The lowest BCUT2D eigenvalue weighted by molar-refractivity contribution is 0.161. The van der Waals surface area contributed by atoms with E-state index in [4.69, 9.17) is 11.6 Å². The standard InChI is InChI=1S/C9H17ClFN/c10-4-3-9-2-1-6-12(8-9)7-5-11/h9H,1-8H2. The predicted octanol–water partition coefficient (Wildman–Crippen LogP) is 2.30. The van der Waals surface area contributed by atoms with Crippen LogP contribution >= 0.6 is 11.6 Å². The molecular weight excluding hydrogens is 177 g/mol. The van der Waals surface area contributed by atoms with Crippen LogP contribution in [-0.2, 0) is 0 Å². The molecule has 72 valence electrons. The molecule has 1 nitrogen and oxygen atoms in total. The van der Waals surface area contributed by atoms with Gasteiger partial charge in [0.25, 0.3) is 0 Å². The summed E-state index contributed by atoms with van der Waals surface area (Å²) in [4.78, 5) is 2.21. The van der Waals surface area contributed by atoms with Crippen molar-refractivity contribution in [3.8, 4) is 0 Å². The zero-order chi connectivity index (χ0) is 8.81. The molecule has 1 saturated heterocycles. The smallest absolute Gasteiger partial charge is 0.102 e. The van der Waals surface area contributed by atoms with Crippen molar-refractivity contribution < 1.29 is 4.39 Å². The first-order chi connectivity index (χ1) is 5.86. The van der Waals surface area contributed by atoms with Crippen molar-refractivity contribution in [2.75, 3.05) is 32.2 Å². The first-order valence-electron chi connectivity index (χ1n) is 4.71. The van der Waals surface area contributed by atoms with E-state index in [-0.39, 0.29) is 6.67 Å². The van der Waals surface area contributed by atoms with E-state index in [1.165, 1.54) is 12.8 Å². The van der Waals surface area contributed by atoms with Crippen LogP contribution in [0.3, 0.4) is 0 Å². The van der Waals surface area contributed by atoms with Gasteiger partial charge in [-0.15, -0.1) is 11.6 Å². The summed E-state index contributed by atoms with van der Waals surface area (Å²) >= 11 is 5.67. The average Bonchev–Trinajstić information content (AvgIpc) is 2.06. The molecule has 1 aliphatic rings. The van der Waals surface area contributed by atoms with Crippen molar-refractivity contribution in [1.82, 2.24) is 4.90 Å². The summed E-state index contributed by atoms with van der Waals surface area (Å²) in [7, 11) is 0. The molecule has 3 heteroatoms. The second-order valence-electron chi connectivity index (χ2n) is 3.48. The first kappa shape index (κ1) is 10.3. The maximum atomic E-state index is 12.0. The Morgan fingerprint density at radius 2 is 2.33 bits per heavy atom. The second-order valence-corrected chi connectivity index (χ2v) is 3.85. The largest absolute Gasteiger partial charge is 0.300 e. The van der Waals surface area contributed by atoms with Gasteiger partial charge in [-0.1, -0.05) is 0 Å². The molecule has 0 radical (unpaired) electrons. The third-order valence-electron chi connectivity index (χ3n) is 2.52. The van der Waals surface area contributed by atoms with Crippen molar-refractivity contribution in [3.63, 3.8) is 0 Å². The Morgan fingerprint density at radius 3 is 3.00 bits per heavy atom. The van der Waals surface area contributed by atoms with Crippen LogP contribution in [0.5, 0.6) is 0 Å². The molecule has 1 aliphatic heterocycles. The van der Waals surface area contributed by atoms with E-state index in [1.54, 1.807) is 0 Å². The summed E-state index contributed by atoms with van der Waals surface area (Å²) in [5.74, 6) is 1.46. The molecule has 1 atom stereocenters. The minimum absolute atomic E-state index is 0.215. The van der Waals surface area contributed by atoms with Gasteiger partial charge in [-0.25, -0.2) is 4.39 Å². The van der Waals surface area contributed by atoms with Crippen LogP contribution in [0, 0.1) is 5.92 Å². The fraction of sp³-hybridized carbons (Fsp3) is 1.00. The SMILES string of the molecule is FCCN1CCCC(CCCl)C1. The molecule has 1 unspecified atom stereocenters. The highest BCUT2D eigenvalue weighted by Crippen LogP contribution is 2.19. The van der Waals surface area contributed by atoms with Crippen molar-refractivity contribution in [2.24, 2.45) is 5.92 Å². The molecule has 1 fully saturated rings. The quantitative estimate of drug-likeness (QED) is 0.620. The maximum absolute atomic E-state index is 12.0. The number of hydrogen-bond acceptors (Lipinski definition) is 1. The van der Waals surface area contributed by atoms with E-state index in [0.29, 0.717) is 12.5 Å². The second kappa shape index (κ2) is 5.76. The Hall–Kier alpha value is 0.180. The number of halogens is 2. The fourth-order valence-corrected chi connectivity index (χ4v) is 2.17.